The average Bonchev–Trinajstić information content (AvgIpc) is 2.43. The second-order valence-corrected chi connectivity index (χ2v) is 3.52. The first-order valence-electron chi connectivity index (χ1n) is 4.02. The van der Waals surface area contributed by atoms with Gasteiger partial charge in [0.2, 0.25) is 0 Å². The van der Waals surface area contributed by atoms with E-state index in [0.29, 0.717) is 5.92 Å². The highest BCUT2D eigenvalue weighted by molar-refractivity contribution is 5.71. The van der Waals surface area contributed by atoms with Gasteiger partial charge in [-0.05, 0) is 37.5 Å². The van der Waals surface area contributed by atoms with E-state index >= 15 is 0 Å². The maximum atomic E-state index is 10.5. The maximum Gasteiger partial charge on any atom is 0.306 e. The van der Waals surface area contributed by atoms with Crippen LogP contribution in [0.1, 0.15) is 25.7 Å². The fourth-order valence-electron chi connectivity index (χ4n) is 1.92. The lowest BCUT2D eigenvalue weighted by molar-refractivity contribution is -0.148. The van der Waals surface area contributed by atoms with Gasteiger partial charge in [0.1, 0.15) is 0 Å². The van der Waals surface area contributed by atoms with Gasteiger partial charge in [-0.3, -0.25) is 4.79 Å². The van der Waals surface area contributed by atoms with Gasteiger partial charge in [-0.25, -0.2) is 0 Å². The summed E-state index contributed by atoms with van der Waals surface area (Å²) in [6.45, 7) is 0. The number of carboxylic acids is 1. The largest absolute Gasteiger partial charge is 0.481 e. The molecule has 0 unspecified atom stereocenters. The van der Waals surface area contributed by atoms with Crippen LogP contribution in [0, 0.1) is 17.8 Å². The van der Waals surface area contributed by atoms with Crippen LogP contribution < -0.4 is 0 Å². The van der Waals surface area contributed by atoms with Crippen molar-refractivity contribution in [1.29, 1.82) is 0 Å². The van der Waals surface area contributed by atoms with Crippen molar-refractivity contribution < 1.29 is 9.90 Å². The van der Waals surface area contributed by atoms with E-state index < -0.39 is 5.97 Å². The van der Waals surface area contributed by atoms with Crippen molar-refractivity contribution in [3.63, 3.8) is 0 Å². The van der Waals surface area contributed by atoms with Gasteiger partial charge in [0, 0.05) is 0 Å². The van der Waals surface area contributed by atoms with Gasteiger partial charge in [0.05, 0.1) is 5.92 Å². The molecule has 56 valence electrons. The lowest BCUT2D eigenvalue weighted by Gasteiger charge is -2.33. The molecule has 0 amide bonds. The molecule has 0 saturated heterocycles. The molecule has 0 aromatic carbocycles. The zero-order valence-corrected chi connectivity index (χ0v) is 5.92. The molecular weight excluding hydrogens is 128 g/mol. The van der Waals surface area contributed by atoms with Crippen molar-refractivity contribution in [2.45, 2.75) is 25.7 Å². The van der Waals surface area contributed by atoms with Crippen LogP contribution in [-0.2, 0) is 4.79 Å². The Kier molecular flexibility index (Phi) is 1.22. The lowest BCUT2D eigenvalue weighted by atomic mass is 9.71. The number of hydrogen-bond donors (Lipinski definition) is 1. The van der Waals surface area contributed by atoms with Crippen LogP contribution in [0.3, 0.4) is 0 Å². The molecule has 0 spiro atoms. The number of aliphatic carboxylic acids is 1. The Labute approximate surface area is 60.2 Å². The second-order valence-electron chi connectivity index (χ2n) is 3.52. The molecule has 0 radical (unpaired) electrons. The predicted molar refractivity (Wildman–Crippen MR) is 36.6 cm³/mol. The third-order valence-electron chi connectivity index (χ3n) is 2.87. The van der Waals surface area contributed by atoms with Crippen molar-refractivity contribution in [3.05, 3.63) is 0 Å². The minimum atomic E-state index is -0.567. The van der Waals surface area contributed by atoms with E-state index in [2.05, 4.69) is 0 Å². The zero-order chi connectivity index (χ0) is 7.14. The first-order chi connectivity index (χ1) is 4.79. The molecule has 2 aliphatic rings. The van der Waals surface area contributed by atoms with Crippen LogP contribution in [0.15, 0.2) is 0 Å². The molecule has 0 aromatic rings. The third-order valence-corrected chi connectivity index (χ3v) is 2.87. The van der Waals surface area contributed by atoms with E-state index in [1.807, 2.05) is 0 Å². The smallest absolute Gasteiger partial charge is 0.306 e. The van der Waals surface area contributed by atoms with Gasteiger partial charge >= 0.3 is 5.97 Å². The number of carboxylic acid groups (broad SMARTS) is 1. The van der Waals surface area contributed by atoms with Gasteiger partial charge in [-0.15, -0.1) is 0 Å². The average molecular weight is 140 g/mol. The van der Waals surface area contributed by atoms with Crippen molar-refractivity contribution in [2.75, 3.05) is 0 Å². The SMILES string of the molecule is O=C(O)[C@@H]1CC[C@H]1C1CC1. The van der Waals surface area contributed by atoms with Crippen molar-refractivity contribution in [3.8, 4) is 0 Å². The van der Waals surface area contributed by atoms with Crippen molar-refractivity contribution in [2.24, 2.45) is 17.8 Å². The Morgan fingerprint density at radius 2 is 1.90 bits per heavy atom. The summed E-state index contributed by atoms with van der Waals surface area (Å²) in [7, 11) is 0. The van der Waals surface area contributed by atoms with E-state index in [4.69, 9.17) is 5.11 Å². The molecule has 0 bridgehead atoms. The predicted octanol–water partition coefficient (Wildman–Crippen LogP) is 1.51. The fraction of sp³-hybridized carbons (Fsp3) is 0.875. The first-order valence-corrected chi connectivity index (χ1v) is 4.02. The van der Waals surface area contributed by atoms with Gasteiger partial charge in [0.25, 0.3) is 0 Å². The summed E-state index contributed by atoms with van der Waals surface area (Å²) in [5, 5.41) is 8.68. The van der Waals surface area contributed by atoms with Crippen LogP contribution in [0.2, 0.25) is 0 Å². The number of carbonyl (C=O) groups is 1. The molecule has 2 rings (SSSR count). The molecule has 2 saturated carbocycles. The van der Waals surface area contributed by atoms with Crippen molar-refractivity contribution >= 4 is 5.97 Å². The summed E-state index contributed by atoms with van der Waals surface area (Å²) < 4.78 is 0. The lowest BCUT2D eigenvalue weighted by Crippen LogP contribution is -2.33. The van der Waals surface area contributed by atoms with E-state index in [1.165, 1.54) is 19.3 Å². The molecule has 0 aromatic heterocycles. The Balaban J connectivity index is 1.92. The summed E-state index contributed by atoms with van der Waals surface area (Å²) in [4.78, 5) is 10.5. The van der Waals surface area contributed by atoms with Crippen LogP contribution >= 0.6 is 0 Å². The summed E-state index contributed by atoms with van der Waals surface area (Å²) in [5.74, 6) is 0.794. The van der Waals surface area contributed by atoms with E-state index in [-0.39, 0.29) is 5.92 Å². The highest BCUT2D eigenvalue weighted by Gasteiger charge is 2.45. The van der Waals surface area contributed by atoms with Gasteiger partial charge < -0.3 is 5.11 Å². The monoisotopic (exact) mass is 140 g/mol. The van der Waals surface area contributed by atoms with Crippen LogP contribution in [0.5, 0.6) is 0 Å². The standard InChI is InChI=1S/C8H12O2/c9-8(10)7-4-3-6(7)5-1-2-5/h5-7H,1-4H2,(H,9,10)/t6-,7+/m0/s1. The number of hydrogen-bond acceptors (Lipinski definition) is 1. The molecule has 10 heavy (non-hydrogen) atoms. The Morgan fingerprint density at radius 3 is 2.20 bits per heavy atom. The topological polar surface area (TPSA) is 37.3 Å². The number of rotatable bonds is 2. The fourth-order valence-corrected chi connectivity index (χ4v) is 1.92. The van der Waals surface area contributed by atoms with E-state index in [1.54, 1.807) is 0 Å². The van der Waals surface area contributed by atoms with Gasteiger partial charge in [-0.1, -0.05) is 0 Å². The first kappa shape index (κ1) is 6.20. The van der Waals surface area contributed by atoms with Gasteiger partial charge in [0.15, 0.2) is 0 Å². The maximum absolute atomic E-state index is 10.5. The molecule has 2 fully saturated rings. The summed E-state index contributed by atoms with van der Waals surface area (Å²) >= 11 is 0. The van der Waals surface area contributed by atoms with Crippen molar-refractivity contribution in [1.82, 2.24) is 0 Å². The Bertz CT molecular complexity index is 161. The Morgan fingerprint density at radius 1 is 1.20 bits per heavy atom. The zero-order valence-electron chi connectivity index (χ0n) is 5.92. The van der Waals surface area contributed by atoms with E-state index in [0.717, 1.165) is 12.3 Å². The van der Waals surface area contributed by atoms with Gasteiger partial charge in [-0.2, -0.15) is 0 Å². The van der Waals surface area contributed by atoms with Crippen LogP contribution in [0.4, 0.5) is 0 Å². The molecule has 2 heteroatoms. The minimum Gasteiger partial charge on any atom is -0.481 e. The molecule has 1 N–H and O–H groups in total. The second kappa shape index (κ2) is 1.97. The summed E-state index contributed by atoms with van der Waals surface area (Å²) in [5.41, 5.74) is 0. The van der Waals surface area contributed by atoms with Crippen LogP contribution in [0.25, 0.3) is 0 Å². The molecule has 2 aliphatic carbocycles. The molecule has 2 atom stereocenters. The van der Waals surface area contributed by atoms with E-state index in [9.17, 15) is 4.79 Å². The highest BCUT2D eigenvalue weighted by Crippen LogP contribution is 2.50. The molecular formula is C8H12O2. The Hall–Kier alpha value is -0.530. The molecule has 2 nitrogen and oxygen atoms in total. The summed E-state index contributed by atoms with van der Waals surface area (Å²) in [6, 6.07) is 0. The highest BCUT2D eigenvalue weighted by atomic mass is 16.4. The normalized spacial score (nSPS) is 38.8. The minimum absolute atomic E-state index is 0.0208. The molecule has 0 heterocycles. The molecule has 0 aliphatic heterocycles. The third kappa shape index (κ3) is 0.825. The quantitative estimate of drug-likeness (QED) is 0.631. The van der Waals surface area contributed by atoms with Crippen LogP contribution in [-0.4, -0.2) is 11.1 Å². The summed E-state index contributed by atoms with van der Waals surface area (Å²) in [6.07, 6.45) is 4.67.